The van der Waals surface area contributed by atoms with Gasteiger partial charge in [-0.3, -0.25) is 14.3 Å². The van der Waals surface area contributed by atoms with Gasteiger partial charge in [0, 0.05) is 38.6 Å². The Morgan fingerprint density at radius 1 is 1.06 bits per heavy atom. The van der Waals surface area contributed by atoms with E-state index in [9.17, 15) is 4.79 Å². The fourth-order valence-corrected chi connectivity index (χ4v) is 5.15. The molecule has 1 saturated heterocycles. The fraction of sp³-hybridized carbons (Fsp3) is 0.480. The second-order valence-corrected chi connectivity index (χ2v) is 10.0. The lowest BCUT2D eigenvalue weighted by atomic mass is 10.1. The van der Waals surface area contributed by atoms with Crippen molar-refractivity contribution in [2.24, 2.45) is 0 Å². The van der Waals surface area contributed by atoms with Gasteiger partial charge in [-0.25, -0.2) is 0 Å². The highest BCUT2D eigenvalue weighted by atomic mass is 32.2. The molecule has 2 fully saturated rings. The Morgan fingerprint density at radius 2 is 1.91 bits per heavy atom. The largest absolute Gasteiger partial charge is 0.467 e. The normalized spacial score (nSPS) is 17.3. The molecule has 0 bridgehead atoms. The fourth-order valence-electron chi connectivity index (χ4n) is 4.31. The summed E-state index contributed by atoms with van der Waals surface area (Å²) in [7, 11) is 0. The van der Waals surface area contributed by atoms with Crippen LogP contribution < -0.4 is 0 Å². The molecule has 1 aliphatic carbocycles. The zero-order chi connectivity index (χ0) is 22.6. The van der Waals surface area contributed by atoms with Crippen molar-refractivity contribution in [3.05, 3.63) is 65.4 Å². The summed E-state index contributed by atoms with van der Waals surface area (Å²) in [5, 5.41) is 9.66. The van der Waals surface area contributed by atoms with Crippen molar-refractivity contribution >= 4 is 17.7 Å². The predicted octanol–water partition coefficient (Wildman–Crippen LogP) is 3.93. The summed E-state index contributed by atoms with van der Waals surface area (Å²) in [5.41, 5.74) is 2.62. The van der Waals surface area contributed by atoms with E-state index in [2.05, 4.69) is 50.9 Å². The van der Waals surface area contributed by atoms with E-state index < -0.39 is 0 Å². The zero-order valence-electron chi connectivity index (χ0n) is 19.2. The standard InChI is InChI=1S/C25H31N5O2S/c1-19-5-7-20(8-6-19)16-28-11-3-12-29(14-13-28)23(31)18-33-25-27-26-24(21-9-10-21)30(25)17-22-4-2-15-32-22/h2,4-8,15,21H,3,9-14,16-18H2,1H3. The minimum Gasteiger partial charge on any atom is -0.467 e. The smallest absolute Gasteiger partial charge is 0.233 e. The van der Waals surface area contributed by atoms with E-state index in [4.69, 9.17) is 4.42 Å². The molecular weight excluding hydrogens is 434 g/mol. The number of nitrogens with zero attached hydrogens (tertiary/aromatic N) is 5. The Balaban J connectivity index is 1.16. The number of amides is 1. The van der Waals surface area contributed by atoms with Gasteiger partial charge in [0.15, 0.2) is 5.16 Å². The molecule has 2 aromatic heterocycles. The second kappa shape index (κ2) is 10.1. The minimum absolute atomic E-state index is 0.178. The van der Waals surface area contributed by atoms with Gasteiger partial charge >= 0.3 is 0 Å². The van der Waals surface area contributed by atoms with Crippen LogP contribution in [0.15, 0.2) is 52.2 Å². The maximum absolute atomic E-state index is 13.0. The lowest BCUT2D eigenvalue weighted by Gasteiger charge is -2.22. The molecule has 0 N–H and O–H groups in total. The van der Waals surface area contributed by atoms with Crippen molar-refractivity contribution < 1.29 is 9.21 Å². The van der Waals surface area contributed by atoms with Crippen LogP contribution in [0.3, 0.4) is 0 Å². The molecule has 0 radical (unpaired) electrons. The number of benzene rings is 1. The first-order valence-corrected chi connectivity index (χ1v) is 12.8. The maximum atomic E-state index is 13.0. The maximum Gasteiger partial charge on any atom is 0.233 e. The van der Waals surface area contributed by atoms with Gasteiger partial charge in [0.2, 0.25) is 5.91 Å². The molecule has 1 aromatic carbocycles. The molecule has 33 heavy (non-hydrogen) atoms. The molecule has 1 aliphatic heterocycles. The predicted molar refractivity (Wildman–Crippen MR) is 128 cm³/mol. The highest BCUT2D eigenvalue weighted by Crippen LogP contribution is 2.40. The van der Waals surface area contributed by atoms with E-state index in [1.54, 1.807) is 6.26 Å². The van der Waals surface area contributed by atoms with Crippen LogP contribution in [-0.4, -0.2) is 62.4 Å². The topological polar surface area (TPSA) is 67.4 Å². The summed E-state index contributed by atoms with van der Waals surface area (Å²) in [4.78, 5) is 17.5. The lowest BCUT2D eigenvalue weighted by molar-refractivity contribution is -0.128. The van der Waals surface area contributed by atoms with E-state index in [1.165, 1.54) is 22.9 Å². The van der Waals surface area contributed by atoms with E-state index in [0.717, 1.165) is 68.7 Å². The summed E-state index contributed by atoms with van der Waals surface area (Å²) in [6, 6.07) is 12.6. The SMILES string of the molecule is Cc1ccc(CN2CCCN(C(=O)CSc3nnc(C4CC4)n3Cc3ccco3)CC2)cc1. The van der Waals surface area contributed by atoms with Crippen molar-refractivity contribution in [2.45, 2.75) is 50.4 Å². The second-order valence-electron chi connectivity index (χ2n) is 9.07. The Hall–Kier alpha value is -2.58. The van der Waals surface area contributed by atoms with Crippen LogP contribution in [0.1, 0.15) is 47.9 Å². The number of aryl methyl sites for hydroxylation is 1. The third-order valence-electron chi connectivity index (χ3n) is 6.37. The molecule has 3 aromatic rings. The van der Waals surface area contributed by atoms with Gasteiger partial charge < -0.3 is 9.32 Å². The summed E-state index contributed by atoms with van der Waals surface area (Å²) in [6.45, 7) is 7.19. The number of aromatic nitrogens is 3. The van der Waals surface area contributed by atoms with Crippen LogP contribution in [0.25, 0.3) is 0 Å². The van der Waals surface area contributed by atoms with Crippen molar-refractivity contribution in [1.29, 1.82) is 0 Å². The summed E-state index contributed by atoms with van der Waals surface area (Å²) in [6.07, 6.45) is 5.01. The van der Waals surface area contributed by atoms with Gasteiger partial charge in [-0.05, 0) is 43.9 Å². The number of hydrogen-bond acceptors (Lipinski definition) is 6. The number of carbonyl (C=O) groups is 1. The quantitative estimate of drug-likeness (QED) is 0.470. The summed E-state index contributed by atoms with van der Waals surface area (Å²) in [5.74, 6) is 2.95. The molecule has 0 spiro atoms. The Morgan fingerprint density at radius 3 is 2.67 bits per heavy atom. The lowest BCUT2D eigenvalue weighted by Crippen LogP contribution is -2.36. The Labute approximate surface area is 199 Å². The summed E-state index contributed by atoms with van der Waals surface area (Å²) < 4.78 is 7.67. The van der Waals surface area contributed by atoms with E-state index in [1.807, 2.05) is 17.0 Å². The van der Waals surface area contributed by atoms with E-state index in [-0.39, 0.29) is 5.91 Å². The minimum atomic E-state index is 0.178. The van der Waals surface area contributed by atoms with Crippen LogP contribution in [0, 0.1) is 6.92 Å². The van der Waals surface area contributed by atoms with Gasteiger partial charge in [-0.15, -0.1) is 10.2 Å². The van der Waals surface area contributed by atoms with Crippen molar-refractivity contribution in [1.82, 2.24) is 24.6 Å². The molecule has 1 amide bonds. The van der Waals surface area contributed by atoms with Gasteiger partial charge in [-0.1, -0.05) is 41.6 Å². The molecule has 8 heteroatoms. The first-order chi connectivity index (χ1) is 16.2. The molecule has 7 nitrogen and oxygen atoms in total. The van der Waals surface area contributed by atoms with Crippen molar-refractivity contribution in [2.75, 3.05) is 31.9 Å². The molecule has 0 unspecified atom stereocenters. The molecule has 0 atom stereocenters. The van der Waals surface area contributed by atoms with Crippen LogP contribution in [-0.2, 0) is 17.9 Å². The van der Waals surface area contributed by atoms with Gasteiger partial charge in [0.25, 0.3) is 0 Å². The number of thioether (sulfide) groups is 1. The number of rotatable bonds is 8. The number of furan rings is 1. The van der Waals surface area contributed by atoms with Gasteiger partial charge in [-0.2, -0.15) is 0 Å². The van der Waals surface area contributed by atoms with Crippen LogP contribution in [0.2, 0.25) is 0 Å². The Kier molecular flexibility index (Phi) is 6.83. The van der Waals surface area contributed by atoms with Crippen LogP contribution in [0.4, 0.5) is 0 Å². The number of hydrogen-bond donors (Lipinski definition) is 0. The monoisotopic (exact) mass is 465 g/mol. The summed E-state index contributed by atoms with van der Waals surface area (Å²) >= 11 is 1.49. The highest BCUT2D eigenvalue weighted by Gasteiger charge is 2.31. The van der Waals surface area contributed by atoms with Crippen molar-refractivity contribution in [3.8, 4) is 0 Å². The zero-order valence-corrected chi connectivity index (χ0v) is 20.0. The van der Waals surface area contributed by atoms with Crippen LogP contribution in [0.5, 0.6) is 0 Å². The molecule has 1 saturated carbocycles. The van der Waals surface area contributed by atoms with Gasteiger partial charge in [0.1, 0.15) is 11.6 Å². The Bertz CT molecular complexity index is 1060. The van der Waals surface area contributed by atoms with Crippen LogP contribution >= 0.6 is 11.8 Å². The molecular formula is C25H31N5O2S. The van der Waals surface area contributed by atoms with Gasteiger partial charge in [0.05, 0.1) is 18.6 Å². The third kappa shape index (κ3) is 5.68. The molecule has 174 valence electrons. The first-order valence-electron chi connectivity index (χ1n) is 11.8. The first kappa shape index (κ1) is 22.2. The number of carbonyl (C=O) groups excluding carboxylic acids is 1. The van der Waals surface area contributed by atoms with Crippen molar-refractivity contribution in [3.63, 3.8) is 0 Å². The van der Waals surface area contributed by atoms with E-state index in [0.29, 0.717) is 18.2 Å². The highest BCUT2D eigenvalue weighted by molar-refractivity contribution is 7.99. The molecule has 3 heterocycles. The average Bonchev–Trinajstić information content (AvgIpc) is 3.47. The molecule has 2 aliphatic rings. The average molecular weight is 466 g/mol. The van der Waals surface area contributed by atoms with E-state index >= 15 is 0 Å². The third-order valence-corrected chi connectivity index (χ3v) is 7.33. The molecule has 5 rings (SSSR count).